The normalized spacial score (nSPS) is 11.6. The molecule has 234 valence electrons. The molecule has 0 fully saturated rings. The second kappa shape index (κ2) is 11.6. The number of aromatic nitrogens is 3. The van der Waals surface area contributed by atoms with Gasteiger partial charge in [-0.2, -0.15) is 0 Å². The van der Waals surface area contributed by atoms with Crippen LogP contribution in [0.25, 0.3) is 98.5 Å². The second-order valence-corrected chi connectivity index (χ2v) is 13.5. The summed E-state index contributed by atoms with van der Waals surface area (Å²) in [5.41, 5.74) is 9.25. The second-order valence-electron chi connectivity index (χ2n) is 12.4. The zero-order valence-electron chi connectivity index (χ0n) is 26.7. The van der Waals surface area contributed by atoms with Crippen molar-refractivity contribution in [1.82, 2.24) is 15.0 Å². The van der Waals surface area contributed by atoms with Crippen LogP contribution in [-0.2, 0) is 0 Å². The Morgan fingerprint density at radius 3 is 1.66 bits per heavy atom. The van der Waals surface area contributed by atoms with Gasteiger partial charge in [0.05, 0.1) is 0 Å². The number of para-hydroxylation sites is 1. The van der Waals surface area contributed by atoms with Gasteiger partial charge in [-0.05, 0) is 47.0 Å². The van der Waals surface area contributed by atoms with Crippen molar-refractivity contribution in [3.8, 4) is 56.4 Å². The predicted octanol–water partition coefficient (Wildman–Crippen LogP) is 12.5. The van der Waals surface area contributed by atoms with Crippen molar-refractivity contribution in [2.75, 3.05) is 0 Å². The van der Waals surface area contributed by atoms with Crippen molar-refractivity contribution in [2.24, 2.45) is 0 Å². The van der Waals surface area contributed by atoms with Gasteiger partial charge in [-0.3, -0.25) is 0 Å². The standard InChI is InChI=1S/C45H27N3OS/c1-4-12-28(13-5-1)34-24-23-33(41-36-18-10-11-19-38(36)49-42(34)41)31-21-25-39-37(26-31)35-22-20-32(27-40(35)50-39)45-47-43(29-14-6-2-7-15-29)46-44(48-45)30-16-8-3-9-17-30/h1-27H. The summed E-state index contributed by atoms with van der Waals surface area (Å²) in [6, 6.07) is 56.8. The first-order chi connectivity index (χ1) is 24.8. The van der Waals surface area contributed by atoms with E-state index in [4.69, 9.17) is 19.4 Å². The first kappa shape index (κ1) is 28.6. The van der Waals surface area contributed by atoms with Crippen molar-refractivity contribution in [3.05, 3.63) is 164 Å². The monoisotopic (exact) mass is 657 g/mol. The summed E-state index contributed by atoms with van der Waals surface area (Å²) in [6.45, 7) is 0. The van der Waals surface area contributed by atoms with Crippen molar-refractivity contribution in [1.29, 1.82) is 0 Å². The molecule has 7 aromatic carbocycles. The van der Waals surface area contributed by atoms with Crippen LogP contribution >= 0.6 is 11.3 Å². The molecule has 3 aromatic heterocycles. The number of furan rings is 1. The lowest BCUT2D eigenvalue weighted by Gasteiger charge is -2.09. The summed E-state index contributed by atoms with van der Waals surface area (Å²) in [5, 5.41) is 4.71. The highest BCUT2D eigenvalue weighted by atomic mass is 32.1. The van der Waals surface area contributed by atoms with Gasteiger partial charge in [0, 0.05) is 53.2 Å². The summed E-state index contributed by atoms with van der Waals surface area (Å²) in [4.78, 5) is 14.8. The number of thiophene rings is 1. The molecule has 0 saturated carbocycles. The zero-order chi connectivity index (χ0) is 33.0. The Hall–Kier alpha value is -6.43. The van der Waals surface area contributed by atoms with Crippen molar-refractivity contribution in [3.63, 3.8) is 0 Å². The number of hydrogen-bond donors (Lipinski definition) is 0. The summed E-state index contributed by atoms with van der Waals surface area (Å²) < 4.78 is 8.98. The van der Waals surface area contributed by atoms with Crippen molar-refractivity contribution in [2.45, 2.75) is 0 Å². The van der Waals surface area contributed by atoms with Crippen LogP contribution in [0.5, 0.6) is 0 Å². The maximum Gasteiger partial charge on any atom is 0.164 e. The number of benzene rings is 7. The minimum absolute atomic E-state index is 0.658. The first-order valence-electron chi connectivity index (χ1n) is 16.6. The third kappa shape index (κ3) is 4.79. The Bertz CT molecular complexity index is 2800. The predicted molar refractivity (Wildman–Crippen MR) is 207 cm³/mol. The lowest BCUT2D eigenvalue weighted by Crippen LogP contribution is -1.99. The highest BCUT2D eigenvalue weighted by Gasteiger charge is 2.19. The average Bonchev–Trinajstić information content (AvgIpc) is 3.77. The Kier molecular flexibility index (Phi) is 6.64. The van der Waals surface area contributed by atoms with Gasteiger partial charge < -0.3 is 4.42 Å². The van der Waals surface area contributed by atoms with Crippen LogP contribution in [0.15, 0.2) is 168 Å². The van der Waals surface area contributed by atoms with Crippen LogP contribution in [0.2, 0.25) is 0 Å². The molecule has 0 aliphatic heterocycles. The molecule has 3 heterocycles. The quantitative estimate of drug-likeness (QED) is 0.185. The Labute approximate surface area is 292 Å². The van der Waals surface area contributed by atoms with E-state index in [2.05, 4.69) is 91.0 Å². The summed E-state index contributed by atoms with van der Waals surface area (Å²) >= 11 is 1.79. The minimum atomic E-state index is 0.658. The van der Waals surface area contributed by atoms with Crippen LogP contribution < -0.4 is 0 Å². The number of rotatable bonds is 5. The number of nitrogens with zero attached hydrogens (tertiary/aromatic N) is 3. The summed E-state index contributed by atoms with van der Waals surface area (Å²) in [5.74, 6) is 1.98. The molecular weight excluding hydrogens is 631 g/mol. The molecule has 0 bridgehead atoms. The van der Waals surface area contributed by atoms with Gasteiger partial charge >= 0.3 is 0 Å². The van der Waals surface area contributed by atoms with E-state index in [0.717, 1.165) is 60.9 Å². The summed E-state index contributed by atoms with van der Waals surface area (Å²) in [7, 11) is 0. The van der Waals surface area contributed by atoms with Gasteiger partial charge in [-0.15, -0.1) is 11.3 Å². The fourth-order valence-electron chi connectivity index (χ4n) is 6.94. The third-order valence-corrected chi connectivity index (χ3v) is 10.5. The van der Waals surface area contributed by atoms with Crippen LogP contribution in [0.1, 0.15) is 0 Å². The lowest BCUT2D eigenvalue weighted by atomic mass is 9.94. The number of fused-ring (bicyclic) bond motifs is 6. The molecule has 0 radical (unpaired) electrons. The Morgan fingerprint density at radius 1 is 0.380 bits per heavy atom. The Morgan fingerprint density at radius 2 is 0.960 bits per heavy atom. The molecule has 0 saturated heterocycles. The Balaban J connectivity index is 1.11. The molecule has 0 aliphatic rings. The molecular formula is C45H27N3OS. The number of hydrogen-bond acceptors (Lipinski definition) is 5. The van der Waals surface area contributed by atoms with Gasteiger partial charge in [-0.1, -0.05) is 133 Å². The molecule has 5 heteroatoms. The van der Waals surface area contributed by atoms with Gasteiger partial charge in [-0.25, -0.2) is 15.0 Å². The van der Waals surface area contributed by atoms with E-state index in [1.165, 1.54) is 20.2 Å². The molecule has 50 heavy (non-hydrogen) atoms. The molecule has 0 atom stereocenters. The van der Waals surface area contributed by atoms with Crippen LogP contribution in [-0.4, -0.2) is 15.0 Å². The van der Waals surface area contributed by atoms with Crippen molar-refractivity contribution >= 4 is 53.4 Å². The molecule has 10 rings (SSSR count). The van der Waals surface area contributed by atoms with E-state index in [1.807, 2.05) is 72.8 Å². The SMILES string of the molecule is c1ccc(-c2nc(-c3ccccc3)nc(-c3ccc4c(c3)sc3ccc(-c5ccc(-c6ccccc6)c6oc7ccccc7c56)cc34)n2)cc1. The van der Waals surface area contributed by atoms with Crippen LogP contribution in [0.4, 0.5) is 0 Å². The lowest BCUT2D eigenvalue weighted by molar-refractivity contribution is 0.670. The average molecular weight is 658 g/mol. The summed E-state index contributed by atoms with van der Waals surface area (Å²) in [6.07, 6.45) is 0. The van der Waals surface area contributed by atoms with Crippen LogP contribution in [0, 0.1) is 0 Å². The van der Waals surface area contributed by atoms with E-state index >= 15 is 0 Å². The van der Waals surface area contributed by atoms with Gasteiger partial charge in [0.1, 0.15) is 11.2 Å². The minimum Gasteiger partial charge on any atom is -0.455 e. The van der Waals surface area contributed by atoms with E-state index in [0.29, 0.717) is 17.5 Å². The van der Waals surface area contributed by atoms with E-state index in [-0.39, 0.29) is 0 Å². The first-order valence-corrected chi connectivity index (χ1v) is 17.4. The maximum absolute atomic E-state index is 6.56. The molecule has 0 spiro atoms. The largest absolute Gasteiger partial charge is 0.455 e. The van der Waals surface area contributed by atoms with E-state index in [1.54, 1.807) is 11.3 Å². The van der Waals surface area contributed by atoms with Gasteiger partial charge in [0.2, 0.25) is 0 Å². The maximum atomic E-state index is 6.56. The van der Waals surface area contributed by atoms with Crippen molar-refractivity contribution < 1.29 is 4.42 Å². The highest BCUT2D eigenvalue weighted by molar-refractivity contribution is 7.25. The topological polar surface area (TPSA) is 51.8 Å². The fraction of sp³-hybridized carbons (Fsp3) is 0. The third-order valence-electron chi connectivity index (χ3n) is 9.35. The highest BCUT2D eigenvalue weighted by Crippen LogP contribution is 2.44. The van der Waals surface area contributed by atoms with Gasteiger partial charge in [0.25, 0.3) is 0 Å². The fourth-order valence-corrected chi connectivity index (χ4v) is 8.06. The smallest absolute Gasteiger partial charge is 0.164 e. The molecule has 4 nitrogen and oxygen atoms in total. The molecule has 0 amide bonds. The molecule has 10 aromatic rings. The van der Waals surface area contributed by atoms with Crippen LogP contribution in [0.3, 0.4) is 0 Å². The van der Waals surface area contributed by atoms with E-state index < -0.39 is 0 Å². The van der Waals surface area contributed by atoms with Gasteiger partial charge in [0.15, 0.2) is 17.5 Å². The van der Waals surface area contributed by atoms with E-state index in [9.17, 15) is 0 Å². The molecule has 0 unspecified atom stereocenters. The zero-order valence-corrected chi connectivity index (χ0v) is 27.6. The molecule has 0 aliphatic carbocycles. The molecule has 0 N–H and O–H groups in total.